The van der Waals surface area contributed by atoms with E-state index in [4.69, 9.17) is 39.8 Å². The molecule has 0 spiro atoms. The molecule has 0 aliphatic carbocycles. The monoisotopic (exact) mass is 531 g/mol. The number of thiocarbonyl (C=S) groups is 1. The highest BCUT2D eigenvalue weighted by Gasteiger charge is 2.15. The van der Waals surface area contributed by atoms with Gasteiger partial charge in [0.2, 0.25) is 0 Å². The Balaban J connectivity index is 1.68. The molecule has 9 heteroatoms. The summed E-state index contributed by atoms with van der Waals surface area (Å²) in [5.41, 5.74) is 1.50. The maximum atomic E-state index is 12.3. The summed E-state index contributed by atoms with van der Waals surface area (Å²) < 4.78 is 6.63. The van der Waals surface area contributed by atoms with Gasteiger partial charge in [-0.25, -0.2) is 4.98 Å². The maximum absolute atomic E-state index is 12.3. The van der Waals surface area contributed by atoms with Gasteiger partial charge in [-0.1, -0.05) is 23.2 Å². The van der Waals surface area contributed by atoms with E-state index in [9.17, 15) is 4.79 Å². The van der Waals surface area contributed by atoms with Crippen LogP contribution in [0.3, 0.4) is 0 Å². The minimum atomic E-state index is -0.480. The molecule has 27 heavy (non-hydrogen) atoms. The second-order valence-corrected chi connectivity index (χ2v) is 7.87. The first-order valence-electron chi connectivity index (χ1n) is 7.64. The number of halogens is 3. The quantitative estimate of drug-likeness (QED) is 0.336. The summed E-state index contributed by atoms with van der Waals surface area (Å²) in [5.74, 6) is 0.625. The highest BCUT2D eigenvalue weighted by Crippen LogP contribution is 2.31. The molecule has 5 nitrogen and oxygen atoms in total. The molecule has 0 unspecified atom stereocenters. The molecule has 3 aromatic rings. The minimum Gasteiger partial charge on any atom is -0.451 e. The number of furan rings is 1. The molecule has 0 aliphatic heterocycles. The number of benzene rings is 1. The van der Waals surface area contributed by atoms with E-state index in [0.717, 1.165) is 9.26 Å². The van der Waals surface area contributed by atoms with Crippen molar-refractivity contribution in [1.82, 2.24) is 10.3 Å². The SMILES string of the molecule is Cc1nc(NC(=S)NC(=O)c2ccc(-c3ccc(Cl)cc3Cl)o2)ccc1I. The van der Waals surface area contributed by atoms with Gasteiger partial charge in [-0.05, 0) is 84.2 Å². The second kappa shape index (κ2) is 8.55. The fourth-order valence-corrected chi connectivity index (χ4v) is 3.22. The number of hydrogen-bond donors (Lipinski definition) is 2. The lowest BCUT2D eigenvalue weighted by Gasteiger charge is -2.09. The van der Waals surface area contributed by atoms with Crippen molar-refractivity contribution in [2.45, 2.75) is 6.92 Å². The van der Waals surface area contributed by atoms with Crippen molar-refractivity contribution in [3.05, 3.63) is 67.5 Å². The van der Waals surface area contributed by atoms with Crippen molar-refractivity contribution in [1.29, 1.82) is 0 Å². The van der Waals surface area contributed by atoms with Crippen LogP contribution in [-0.2, 0) is 0 Å². The molecule has 0 radical (unpaired) electrons. The van der Waals surface area contributed by atoms with Gasteiger partial charge in [0.1, 0.15) is 11.6 Å². The van der Waals surface area contributed by atoms with Gasteiger partial charge in [0.25, 0.3) is 5.91 Å². The van der Waals surface area contributed by atoms with E-state index in [1.165, 1.54) is 0 Å². The summed E-state index contributed by atoms with van der Waals surface area (Å²) in [7, 11) is 0. The first kappa shape index (κ1) is 20.1. The average Bonchev–Trinajstić information content (AvgIpc) is 3.08. The number of carbonyl (C=O) groups is 1. The molecule has 0 fully saturated rings. The van der Waals surface area contributed by atoms with Gasteiger partial charge in [0, 0.05) is 14.2 Å². The summed E-state index contributed by atoms with van der Waals surface area (Å²) in [4.78, 5) is 16.7. The van der Waals surface area contributed by atoms with E-state index in [2.05, 4.69) is 38.2 Å². The number of hydrogen-bond acceptors (Lipinski definition) is 4. The molecular weight excluding hydrogens is 520 g/mol. The van der Waals surface area contributed by atoms with Crippen LogP contribution in [0.2, 0.25) is 10.0 Å². The van der Waals surface area contributed by atoms with Crippen LogP contribution in [0.5, 0.6) is 0 Å². The van der Waals surface area contributed by atoms with Crippen LogP contribution in [0, 0.1) is 10.5 Å². The van der Waals surface area contributed by atoms with Crippen molar-refractivity contribution in [2.75, 3.05) is 5.32 Å². The van der Waals surface area contributed by atoms with E-state index in [1.807, 2.05) is 13.0 Å². The summed E-state index contributed by atoms with van der Waals surface area (Å²) in [5, 5.41) is 6.50. The number of amides is 1. The number of nitrogens with zero attached hydrogens (tertiary/aromatic N) is 1. The van der Waals surface area contributed by atoms with Gasteiger partial charge in [-0.2, -0.15) is 0 Å². The Bertz CT molecular complexity index is 1040. The Morgan fingerprint density at radius 2 is 1.96 bits per heavy atom. The second-order valence-electron chi connectivity index (χ2n) is 5.46. The predicted octanol–water partition coefficient (Wildman–Crippen LogP) is 5.69. The number of carbonyl (C=O) groups excluding carboxylic acids is 1. The number of pyridine rings is 1. The largest absolute Gasteiger partial charge is 0.451 e. The zero-order valence-corrected chi connectivity index (χ0v) is 18.3. The van der Waals surface area contributed by atoms with Gasteiger partial charge < -0.3 is 9.73 Å². The Labute approximate surface area is 184 Å². The van der Waals surface area contributed by atoms with Gasteiger partial charge in [0.15, 0.2) is 10.9 Å². The molecule has 3 rings (SSSR count). The van der Waals surface area contributed by atoms with E-state index in [0.29, 0.717) is 27.2 Å². The Morgan fingerprint density at radius 3 is 2.67 bits per heavy atom. The Morgan fingerprint density at radius 1 is 1.19 bits per heavy atom. The minimum absolute atomic E-state index is 0.104. The first-order chi connectivity index (χ1) is 12.8. The lowest BCUT2D eigenvalue weighted by molar-refractivity contribution is 0.0951. The predicted molar refractivity (Wildman–Crippen MR) is 120 cm³/mol. The maximum Gasteiger partial charge on any atom is 0.293 e. The molecule has 0 aliphatic rings. The van der Waals surface area contributed by atoms with Crippen molar-refractivity contribution in [2.24, 2.45) is 0 Å². The number of rotatable bonds is 3. The van der Waals surface area contributed by atoms with Crippen molar-refractivity contribution in [3.8, 4) is 11.3 Å². The molecule has 0 atom stereocenters. The summed E-state index contributed by atoms with van der Waals surface area (Å²) in [6.07, 6.45) is 0. The summed E-state index contributed by atoms with van der Waals surface area (Å²) in [6.45, 7) is 1.89. The van der Waals surface area contributed by atoms with Crippen molar-refractivity contribution < 1.29 is 9.21 Å². The fourth-order valence-electron chi connectivity index (χ4n) is 2.22. The van der Waals surface area contributed by atoms with Crippen LogP contribution in [0.4, 0.5) is 5.82 Å². The van der Waals surface area contributed by atoms with E-state index < -0.39 is 5.91 Å². The molecule has 1 aromatic carbocycles. The van der Waals surface area contributed by atoms with Gasteiger partial charge in [-0.3, -0.25) is 10.1 Å². The van der Waals surface area contributed by atoms with Gasteiger partial charge in [-0.15, -0.1) is 0 Å². The lowest BCUT2D eigenvalue weighted by Crippen LogP contribution is -2.34. The molecule has 2 N–H and O–H groups in total. The van der Waals surface area contributed by atoms with Crippen LogP contribution >= 0.6 is 58.0 Å². The van der Waals surface area contributed by atoms with Crippen LogP contribution < -0.4 is 10.6 Å². The smallest absolute Gasteiger partial charge is 0.293 e. The number of anilines is 1. The molecule has 0 bridgehead atoms. The Kier molecular flexibility index (Phi) is 6.36. The van der Waals surface area contributed by atoms with Crippen LogP contribution in [-0.4, -0.2) is 16.0 Å². The number of nitrogens with one attached hydrogen (secondary N) is 2. The van der Waals surface area contributed by atoms with Crippen LogP contribution in [0.15, 0.2) is 46.9 Å². The third-order valence-electron chi connectivity index (χ3n) is 3.52. The third kappa shape index (κ3) is 4.98. The molecule has 2 heterocycles. The summed E-state index contributed by atoms with van der Waals surface area (Å²) >= 11 is 19.4. The standard InChI is InChI=1S/C18H12Cl2IN3O2S/c1-9-13(21)4-7-16(22-9)23-18(27)24-17(25)15-6-5-14(26-15)11-3-2-10(19)8-12(11)20/h2-8H,1H3,(H2,22,23,24,25,27). The van der Waals surface area contributed by atoms with Gasteiger partial charge in [0.05, 0.1) is 10.7 Å². The van der Waals surface area contributed by atoms with E-state index in [-0.39, 0.29) is 10.9 Å². The van der Waals surface area contributed by atoms with E-state index >= 15 is 0 Å². The van der Waals surface area contributed by atoms with Crippen molar-refractivity contribution in [3.63, 3.8) is 0 Å². The van der Waals surface area contributed by atoms with Crippen molar-refractivity contribution >= 4 is 74.8 Å². The topological polar surface area (TPSA) is 67.2 Å². The van der Waals surface area contributed by atoms with Gasteiger partial charge >= 0.3 is 0 Å². The fraction of sp³-hybridized carbons (Fsp3) is 0.0556. The van der Waals surface area contributed by atoms with Crippen LogP contribution in [0.25, 0.3) is 11.3 Å². The van der Waals surface area contributed by atoms with Crippen LogP contribution in [0.1, 0.15) is 16.2 Å². The number of aromatic nitrogens is 1. The molecule has 0 saturated carbocycles. The highest BCUT2D eigenvalue weighted by molar-refractivity contribution is 14.1. The number of aryl methyl sites for hydroxylation is 1. The summed E-state index contributed by atoms with van der Waals surface area (Å²) in [6, 6.07) is 11.9. The zero-order chi connectivity index (χ0) is 19.6. The Hall–Kier alpha value is -1.68. The molecule has 138 valence electrons. The first-order valence-corrected chi connectivity index (χ1v) is 9.88. The zero-order valence-electron chi connectivity index (χ0n) is 13.8. The molecular formula is C18H12Cl2IN3O2S. The average molecular weight is 532 g/mol. The molecule has 1 amide bonds. The third-order valence-corrected chi connectivity index (χ3v) is 5.41. The molecule has 0 saturated heterocycles. The van der Waals surface area contributed by atoms with E-state index in [1.54, 1.807) is 36.4 Å². The lowest BCUT2D eigenvalue weighted by atomic mass is 10.2. The highest BCUT2D eigenvalue weighted by atomic mass is 127. The molecule has 2 aromatic heterocycles. The normalized spacial score (nSPS) is 10.5.